The Morgan fingerprint density at radius 2 is 1.88 bits per heavy atom. The first-order chi connectivity index (χ1) is 11.5. The quantitative estimate of drug-likeness (QED) is 0.599. The van der Waals surface area contributed by atoms with Gasteiger partial charge < -0.3 is 9.64 Å². The lowest BCUT2D eigenvalue weighted by atomic mass is 10.1. The zero-order chi connectivity index (χ0) is 17.3. The number of rotatable bonds is 2. The summed E-state index contributed by atoms with van der Waals surface area (Å²) in [6.07, 6.45) is 1.56. The van der Waals surface area contributed by atoms with Crippen molar-refractivity contribution in [1.82, 2.24) is 14.0 Å². The molecule has 0 spiro atoms. The smallest absolute Gasteiger partial charge is 0.328 e. The van der Waals surface area contributed by atoms with Crippen molar-refractivity contribution in [3.63, 3.8) is 0 Å². The minimum atomic E-state index is -0.289. The largest absolute Gasteiger partial charge is 0.378 e. The summed E-state index contributed by atoms with van der Waals surface area (Å²) in [5.74, 6) is -0.289. The molecular weight excluding hydrogens is 308 g/mol. The monoisotopic (exact) mass is 326 g/mol. The topological polar surface area (TPSA) is 80.3 Å². The predicted molar refractivity (Wildman–Crippen MR) is 89.1 cm³/mol. The van der Waals surface area contributed by atoms with E-state index in [0.29, 0.717) is 31.9 Å². The van der Waals surface area contributed by atoms with Crippen LogP contribution < -0.4 is 5.69 Å². The number of amides is 1. The molecule has 24 heavy (non-hydrogen) atoms. The molecule has 0 atom stereocenters. The highest BCUT2D eigenvalue weighted by Crippen LogP contribution is 2.17. The van der Waals surface area contributed by atoms with Gasteiger partial charge in [-0.15, -0.1) is 0 Å². The van der Waals surface area contributed by atoms with Crippen LogP contribution in [0, 0.1) is 11.3 Å². The maximum Gasteiger partial charge on any atom is 0.328 e. The second-order valence-corrected chi connectivity index (χ2v) is 5.72. The molecular formula is C17H18N4O3. The number of benzene rings is 1. The molecule has 1 amide bonds. The van der Waals surface area contributed by atoms with Crippen molar-refractivity contribution in [2.45, 2.75) is 0 Å². The van der Waals surface area contributed by atoms with Crippen LogP contribution in [-0.4, -0.2) is 46.2 Å². The maximum atomic E-state index is 12.4. The molecule has 1 aromatic carbocycles. The lowest BCUT2D eigenvalue weighted by molar-refractivity contribution is -0.130. The fraction of sp³-hybridized carbons (Fsp3) is 0.353. The van der Waals surface area contributed by atoms with Crippen molar-refractivity contribution >= 4 is 23.0 Å². The fourth-order valence-corrected chi connectivity index (χ4v) is 2.86. The first-order valence-corrected chi connectivity index (χ1v) is 7.67. The Bertz CT molecular complexity index is 924. The van der Waals surface area contributed by atoms with Gasteiger partial charge in [0.25, 0.3) is 5.91 Å². The average molecular weight is 326 g/mol. The van der Waals surface area contributed by atoms with E-state index < -0.39 is 0 Å². The van der Waals surface area contributed by atoms with Gasteiger partial charge in [-0.2, -0.15) is 5.26 Å². The number of nitrogens with zero attached hydrogens (tertiary/aromatic N) is 4. The number of carbonyl (C=O) groups excluding carboxylic acids is 1. The number of ether oxygens (including phenoxy) is 1. The molecule has 3 rings (SSSR count). The van der Waals surface area contributed by atoms with Crippen LogP contribution in [0.5, 0.6) is 0 Å². The van der Waals surface area contributed by atoms with Crippen LogP contribution in [0.2, 0.25) is 0 Å². The van der Waals surface area contributed by atoms with Crippen LogP contribution in [0.1, 0.15) is 5.56 Å². The molecule has 7 heteroatoms. The van der Waals surface area contributed by atoms with E-state index in [4.69, 9.17) is 4.74 Å². The Balaban J connectivity index is 1.98. The summed E-state index contributed by atoms with van der Waals surface area (Å²) in [5, 5.41) is 9.35. The minimum absolute atomic E-state index is 0.0807. The fourth-order valence-electron chi connectivity index (χ4n) is 2.86. The molecule has 1 aliphatic heterocycles. The Morgan fingerprint density at radius 1 is 1.21 bits per heavy atom. The summed E-state index contributed by atoms with van der Waals surface area (Å²) in [7, 11) is 3.41. The standard InChI is InChI=1S/C17H18N4O3/c1-19-14-4-3-12(10-15(14)20(2)17(19)23)9-13(11-18)16(22)21-5-7-24-8-6-21/h3-4,9-10H,5-8H2,1-2H3/b13-9+. The predicted octanol–water partition coefficient (Wildman–Crippen LogP) is 0.643. The average Bonchev–Trinajstić information content (AvgIpc) is 2.84. The van der Waals surface area contributed by atoms with Crippen LogP contribution in [0.4, 0.5) is 0 Å². The molecule has 0 saturated carbocycles. The highest BCUT2D eigenvalue weighted by atomic mass is 16.5. The number of aromatic nitrogens is 2. The van der Waals surface area contributed by atoms with Crippen LogP contribution in [0.15, 0.2) is 28.6 Å². The van der Waals surface area contributed by atoms with Gasteiger partial charge in [-0.1, -0.05) is 6.07 Å². The van der Waals surface area contributed by atoms with Gasteiger partial charge in [0.2, 0.25) is 0 Å². The summed E-state index contributed by atoms with van der Waals surface area (Å²) in [6, 6.07) is 7.40. The van der Waals surface area contributed by atoms with E-state index in [0.717, 1.165) is 11.0 Å². The van der Waals surface area contributed by atoms with Crippen molar-refractivity contribution in [3.05, 3.63) is 39.8 Å². The first-order valence-electron chi connectivity index (χ1n) is 7.67. The zero-order valence-electron chi connectivity index (χ0n) is 13.7. The number of carbonyl (C=O) groups is 1. The summed E-state index contributed by atoms with van der Waals surface area (Å²) in [4.78, 5) is 26.0. The molecule has 7 nitrogen and oxygen atoms in total. The third-order valence-electron chi connectivity index (χ3n) is 4.26. The first kappa shape index (κ1) is 16.0. The van der Waals surface area contributed by atoms with Gasteiger partial charge in [0.15, 0.2) is 0 Å². The summed E-state index contributed by atoms with van der Waals surface area (Å²) < 4.78 is 8.33. The Hall–Kier alpha value is -2.85. The molecule has 0 N–H and O–H groups in total. The second-order valence-electron chi connectivity index (χ2n) is 5.72. The molecule has 0 bridgehead atoms. The third kappa shape index (κ3) is 2.72. The number of nitriles is 1. The maximum absolute atomic E-state index is 12.4. The number of morpholine rings is 1. The molecule has 0 radical (unpaired) electrons. The highest BCUT2D eigenvalue weighted by Gasteiger charge is 2.20. The molecule has 0 unspecified atom stereocenters. The van der Waals surface area contributed by atoms with Crippen LogP contribution in [-0.2, 0) is 23.6 Å². The number of imidazole rings is 1. The summed E-state index contributed by atoms with van der Waals surface area (Å²) in [6.45, 7) is 1.96. The lowest BCUT2D eigenvalue weighted by Gasteiger charge is -2.26. The molecule has 1 saturated heterocycles. The highest BCUT2D eigenvalue weighted by molar-refractivity contribution is 6.02. The molecule has 1 aliphatic rings. The second kappa shape index (κ2) is 6.34. The van der Waals surface area contributed by atoms with E-state index >= 15 is 0 Å². The van der Waals surface area contributed by atoms with Gasteiger partial charge >= 0.3 is 5.69 Å². The molecule has 2 aromatic rings. The Morgan fingerprint density at radius 3 is 2.54 bits per heavy atom. The lowest BCUT2D eigenvalue weighted by Crippen LogP contribution is -2.41. The van der Waals surface area contributed by atoms with E-state index in [1.807, 2.05) is 12.1 Å². The zero-order valence-corrected chi connectivity index (χ0v) is 13.7. The number of hydrogen-bond acceptors (Lipinski definition) is 4. The number of hydrogen-bond donors (Lipinski definition) is 0. The van der Waals surface area contributed by atoms with Gasteiger partial charge in [0.05, 0.1) is 24.2 Å². The molecule has 1 fully saturated rings. The number of aryl methyl sites for hydroxylation is 2. The van der Waals surface area contributed by atoms with Crippen molar-refractivity contribution in [3.8, 4) is 6.07 Å². The Labute approximate surface area is 139 Å². The molecule has 0 aliphatic carbocycles. The van der Waals surface area contributed by atoms with Gasteiger partial charge in [-0.05, 0) is 23.8 Å². The van der Waals surface area contributed by atoms with Gasteiger partial charge in [-0.3, -0.25) is 13.9 Å². The van der Waals surface area contributed by atoms with Crippen LogP contribution in [0.25, 0.3) is 17.1 Å². The molecule has 2 heterocycles. The third-order valence-corrected chi connectivity index (χ3v) is 4.26. The SMILES string of the molecule is Cn1c(=O)n(C)c2cc(/C=C(\C#N)C(=O)N3CCOCC3)ccc21. The van der Waals surface area contributed by atoms with Crippen molar-refractivity contribution in [2.75, 3.05) is 26.3 Å². The van der Waals surface area contributed by atoms with Crippen molar-refractivity contribution in [2.24, 2.45) is 14.1 Å². The molecule has 1 aromatic heterocycles. The van der Waals surface area contributed by atoms with Crippen molar-refractivity contribution in [1.29, 1.82) is 5.26 Å². The molecule has 124 valence electrons. The summed E-state index contributed by atoms with van der Waals surface area (Å²) in [5.41, 5.74) is 2.24. The van der Waals surface area contributed by atoms with E-state index in [-0.39, 0.29) is 17.2 Å². The van der Waals surface area contributed by atoms with E-state index in [2.05, 4.69) is 0 Å². The van der Waals surface area contributed by atoms with Gasteiger partial charge in [-0.25, -0.2) is 4.79 Å². The summed E-state index contributed by atoms with van der Waals surface area (Å²) >= 11 is 0. The van der Waals surface area contributed by atoms with E-state index in [9.17, 15) is 14.9 Å². The Kier molecular flexibility index (Phi) is 4.23. The number of fused-ring (bicyclic) bond motifs is 1. The van der Waals surface area contributed by atoms with E-state index in [1.54, 1.807) is 46.3 Å². The van der Waals surface area contributed by atoms with Crippen molar-refractivity contribution < 1.29 is 9.53 Å². The van der Waals surface area contributed by atoms with Crippen LogP contribution in [0.3, 0.4) is 0 Å². The van der Waals surface area contributed by atoms with E-state index in [1.165, 1.54) is 0 Å². The van der Waals surface area contributed by atoms with Gasteiger partial charge in [0.1, 0.15) is 11.6 Å². The van der Waals surface area contributed by atoms with Gasteiger partial charge in [0, 0.05) is 27.2 Å². The minimum Gasteiger partial charge on any atom is -0.378 e. The van der Waals surface area contributed by atoms with Crippen LogP contribution >= 0.6 is 0 Å². The normalized spacial score (nSPS) is 15.5.